The molecule has 20 heavy (non-hydrogen) atoms. The summed E-state index contributed by atoms with van der Waals surface area (Å²) in [4.78, 5) is 14.3. The molecule has 1 aliphatic heterocycles. The Morgan fingerprint density at radius 3 is 2.70 bits per heavy atom. The Morgan fingerprint density at radius 2 is 2.10 bits per heavy atom. The van der Waals surface area contributed by atoms with Gasteiger partial charge in [0, 0.05) is 25.6 Å². The normalized spacial score (nSPS) is 22.4. The van der Waals surface area contributed by atoms with Crippen LogP contribution in [-0.2, 0) is 11.3 Å². The third-order valence-corrected chi connectivity index (χ3v) is 3.93. The highest BCUT2D eigenvalue weighted by molar-refractivity contribution is 5.78. The van der Waals surface area contributed by atoms with Crippen LogP contribution in [0.3, 0.4) is 0 Å². The minimum absolute atomic E-state index is 0.162. The molecule has 1 aliphatic rings. The lowest BCUT2D eigenvalue weighted by Gasteiger charge is -2.30. The van der Waals surface area contributed by atoms with Gasteiger partial charge in [-0.2, -0.15) is 0 Å². The third kappa shape index (κ3) is 3.73. The van der Waals surface area contributed by atoms with E-state index in [-0.39, 0.29) is 11.8 Å². The van der Waals surface area contributed by atoms with Crippen molar-refractivity contribution in [1.82, 2.24) is 10.2 Å². The minimum Gasteiger partial charge on any atom is -0.497 e. The summed E-state index contributed by atoms with van der Waals surface area (Å²) in [5.41, 5.74) is 1.13. The van der Waals surface area contributed by atoms with Crippen molar-refractivity contribution in [2.24, 2.45) is 5.92 Å². The monoisotopic (exact) mass is 276 g/mol. The quantitative estimate of drug-likeness (QED) is 0.915. The molecular weight excluding hydrogens is 252 g/mol. The molecule has 0 bridgehead atoms. The third-order valence-electron chi connectivity index (χ3n) is 3.93. The van der Waals surface area contributed by atoms with Crippen LogP contribution >= 0.6 is 0 Å². The molecular formula is C16H24N2O2. The fraction of sp³-hybridized carbons (Fsp3) is 0.562. The second kappa shape index (κ2) is 6.75. The number of amides is 1. The van der Waals surface area contributed by atoms with E-state index in [4.69, 9.17) is 4.74 Å². The van der Waals surface area contributed by atoms with Crippen LogP contribution in [0.4, 0.5) is 0 Å². The molecule has 1 aromatic carbocycles. The molecule has 1 amide bonds. The molecule has 1 saturated heterocycles. The molecule has 0 aromatic heterocycles. The number of piperidine rings is 1. The molecule has 1 aromatic rings. The molecule has 4 heteroatoms. The highest BCUT2D eigenvalue weighted by atomic mass is 16.5. The molecule has 0 spiro atoms. The van der Waals surface area contributed by atoms with E-state index in [1.54, 1.807) is 7.11 Å². The van der Waals surface area contributed by atoms with Gasteiger partial charge in [-0.25, -0.2) is 0 Å². The standard InChI is InChI=1S/C16H24N2O2/c1-12-10-14(8-9-17-12)16(19)18(2)11-13-4-6-15(20-3)7-5-13/h4-7,12,14,17H,8-11H2,1-3H3/t12-,14-/m0/s1. The highest BCUT2D eigenvalue weighted by Gasteiger charge is 2.26. The molecule has 1 N–H and O–H groups in total. The van der Waals surface area contributed by atoms with Gasteiger partial charge in [0.05, 0.1) is 7.11 Å². The van der Waals surface area contributed by atoms with E-state index in [0.29, 0.717) is 12.6 Å². The molecule has 0 aliphatic carbocycles. The number of rotatable bonds is 4. The zero-order valence-electron chi connectivity index (χ0n) is 12.6. The van der Waals surface area contributed by atoms with Crippen molar-refractivity contribution >= 4 is 5.91 Å². The Labute approximate surface area is 121 Å². The lowest BCUT2D eigenvalue weighted by molar-refractivity contribution is -0.135. The lowest BCUT2D eigenvalue weighted by atomic mass is 9.92. The number of nitrogens with zero attached hydrogens (tertiary/aromatic N) is 1. The summed E-state index contributed by atoms with van der Waals surface area (Å²) >= 11 is 0. The summed E-state index contributed by atoms with van der Waals surface area (Å²) in [6.45, 7) is 3.73. The first kappa shape index (κ1) is 14.9. The first-order valence-electron chi connectivity index (χ1n) is 7.21. The maximum atomic E-state index is 12.4. The Balaban J connectivity index is 1.92. The number of nitrogens with one attached hydrogen (secondary N) is 1. The van der Waals surface area contributed by atoms with Gasteiger partial charge in [-0.15, -0.1) is 0 Å². The van der Waals surface area contributed by atoms with Gasteiger partial charge in [-0.3, -0.25) is 4.79 Å². The Kier molecular flexibility index (Phi) is 5.01. The summed E-state index contributed by atoms with van der Waals surface area (Å²) in [6.07, 6.45) is 1.88. The molecule has 1 fully saturated rings. The molecule has 2 atom stereocenters. The zero-order valence-corrected chi connectivity index (χ0v) is 12.6. The Bertz CT molecular complexity index is 444. The van der Waals surface area contributed by atoms with Gasteiger partial charge < -0.3 is 15.0 Å². The maximum Gasteiger partial charge on any atom is 0.225 e. The minimum atomic E-state index is 0.162. The van der Waals surface area contributed by atoms with Gasteiger partial charge in [0.2, 0.25) is 5.91 Å². The second-order valence-electron chi connectivity index (χ2n) is 5.62. The predicted octanol–water partition coefficient (Wildman–Crippen LogP) is 2.04. The van der Waals surface area contributed by atoms with Crippen molar-refractivity contribution in [3.05, 3.63) is 29.8 Å². The lowest BCUT2D eigenvalue weighted by Crippen LogP contribution is -2.42. The van der Waals surface area contributed by atoms with E-state index in [1.165, 1.54) is 0 Å². The molecule has 2 rings (SSSR count). The van der Waals surface area contributed by atoms with Crippen LogP contribution in [0.15, 0.2) is 24.3 Å². The van der Waals surface area contributed by atoms with Crippen LogP contribution in [0.1, 0.15) is 25.3 Å². The molecule has 0 unspecified atom stereocenters. The average Bonchev–Trinajstić information content (AvgIpc) is 2.47. The molecule has 0 radical (unpaired) electrons. The molecule has 110 valence electrons. The number of carbonyl (C=O) groups is 1. The molecule has 1 heterocycles. The first-order chi connectivity index (χ1) is 9.60. The van der Waals surface area contributed by atoms with Crippen molar-refractivity contribution in [2.75, 3.05) is 20.7 Å². The van der Waals surface area contributed by atoms with Gasteiger partial charge in [0.15, 0.2) is 0 Å². The fourth-order valence-corrected chi connectivity index (χ4v) is 2.75. The largest absolute Gasteiger partial charge is 0.497 e. The van der Waals surface area contributed by atoms with Gasteiger partial charge in [0.1, 0.15) is 5.75 Å². The number of ether oxygens (including phenoxy) is 1. The van der Waals surface area contributed by atoms with Crippen molar-refractivity contribution in [1.29, 1.82) is 0 Å². The molecule has 0 saturated carbocycles. The van der Waals surface area contributed by atoms with Gasteiger partial charge >= 0.3 is 0 Å². The average molecular weight is 276 g/mol. The van der Waals surface area contributed by atoms with Crippen LogP contribution in [0.5, 0.6) is 5.75 Å². The topological polar surface area (TPSA) is 41.6 Å². The van der Waals surface area contributed by atoms with E-state index in [0.717, 1.165) is 30.7 Å². The highest BCUT2D eigenvalue weighted by Crippen LogP contribution is 2.20. The van der Waals surface area contributed by atoms with Crippen LogP contribution in [0.2, 0.25) is 0 Å². The number of carbonyl (C=O) groups excluding carboxylic acids is 1. The number of benzene rings is 1. The van der Waals surface area contributed by atoms with Crippen molar-refractivity contribution in [3.63, 3.8) is 0 Å². The Hall–Kier alpha value is -1.55. The number of hydrogen-bond donors (Lipinski definition) is 1. The summed E-state index contributed by atoms with van der Waals surface area (Å²) in [6, 6.07) is 8.31. The van der Waals surface area contributed by atoms with E-state index in [1.807, 2.05) is 36.2 Å². The van der Waals surface area contributed by atoms with E-state index < -0.39 is 0 Å². The van der Waals surface area contributed by atoms with Crippen molar-refractivity contribution in [2.45, 2.75) is 32.4 Å². The maximum absolute atomic E-state index is 12.4. The van der Waals surface area contributed by atoms with Crippen molar-refractivity contribution in [3.8, 4) is 5.75 Å². The van der Waals surface area contributed by atoms with E-state index >= 15 is 0 Å². The summed E-state index contributed by atoms with van der Waals surface area (Å²) in [5, 5.41) is 3.38. The first-order valence-corrected chi connectivity index (χ1v) is 7.21. The summed E-state index contributed by atoms with van der Waals surface area (Å²) in [5.74, 6) is 1.26. The Morgan fingerprint density at radius 1 is 1.40 bits per heavy atom. The van der Waals surface area contributed by atoms with Gasteiger partial charge in [-0.05, 0) is 44.0 Å². The SMILES string of the molecule is COc1ccc(CN(C)C(=O)[C@H]2CCN[C@@H](C)C2)cc1. The fourth-order valence-electron chi connectivity index (χ4n) is 2.75. The van der Waals surface area contributed by atoms with E-state index in [9.17, 15) is 4.79 Å². The van der Waals surface area contributed by atoms with Crippen LogP contribution in [0.25, 0.3) is 0 Å². The summed E-state index contributed by atoms with van der Waals surface area (Å²) in [7, 11) is 3.54. The second-order valence-corrected chi connectivity index (χ2v) is 5.62. The van der Waals surface area contributed by atoms with E-state index in [2.05, 4.69) is 12.2 Å². The van der Waals surface area contributed by atoms with Gasteiger partial charge in [-0.1, -0.05) is 12.1 Å². The predicted molar refractivity (Wildman–Crippen MR) is 79.7 cm³/mol. The van der Waals surface area contributed by atoms with Crippen LogP contribution < -0.4 is 10.1 Å². The number of methoxy groups -OCH3 is 1. The zero-order chi connectivity index (χ0) is 14.5. The van der Waals surface area contributed by atoms with Gasteiger partial charge in [0.25, 0.3) is 0 Å². The number of hydrogen-bond acceptors (Lipinski definition) is 3. The van der Waals surface area contributed by atoms with Crippen LogP contribution in [0, 0.1) is 5.92 Å². The molecule has 4 nitrogen and oxygen atoms in total. The smallest absolute Gasteiger partial charge is 0.225 e. The van der Waals surface area contributed by atoms with Crippen LogP contribution in [-0.4, -0.2) is 37.6 Å². The summed E-state index contributed by atoms with van der Waals surface area (Å²) < 4.78 is 5.14. The van der Waals surface area contributed by atoms with Crippen molar-refractivity contribution < 1.29 is 9.53 Å².